The highest BCUT2D eigenvalue weighted by molar-refractivity contribution is 5.97. The number of carbonyl (C=O) groups excluding carboxylic acids is 1. The van der Waals surface area contributed by atoms with E-state index in [1.807, 2.05) is 30.0 Å². The van der Waals surface area contributed by atoms with Crippen molar-refractivity contribution in [2.45, 2.75) is 40.2 Å². The summed E-state index contributed by atoms with van der Waals surface area (Å²) in [4.78, 5) is 21.9. The molecule has 0 aliphatic carbocycles. The van der Waals surface area contributed by atoms with Crippen LogP contribution in [0.4, 0.5) is 0 Å². The molecule has 5 nitrogen and oxygen atoms in total. The lowest BCUT2D eigenvalue weighted by atomic mass is 10.0. The average Bonchev–Trinajstić information content (AvgIpc) is 2.97. The molecule has 0 aliphatic rings. The van der Waals surface area contributed by atoms with Gasteiger partial charge >= 0.3 is 0 Å². The molecule has 1 heterocycles. The molecule has 120 valence electrons. The molecule has 1 amide bonds. The summed E-state index contributed by atoms with van der Waals surface area (Å²) in [6.45, 7) is 7.72. The topological polar surface area (TPSA) is 69.2 Å². The van der Waals surface area contributed by atoms with Crippen LogP contribution in [-0.4, -0.2) is 39.0 Å². The van der Waals surface area contributed by atoms with Crippen LogP contribution in [0.2, 0.25) is 0 Å². The number of aromatic amines is 1. The molecule has 5 heteroatoms. The zero-order chi connectivity index (χ0) is 16.1. The molecule has 0 radical (unpaired) electrons. The summed E-state index contributed by atoms with van der Waals surface area (Å²) in [5.74, 6) is 1.11. The molecule has 0 fully saturated rings. The number of aliphatic hydroxyl groups is 1. The van der Waals surface area contributed by atoms with Crippen molar-refractivity contribution in [1.29, 1.82) is 0 Å². The Balaban J connectivity index is 2.22. The molecule has 0 aliphatic heterocycles. The van der Waals surface area contributed by atoms with Crippen molar-refractivity contribution in [1.82, 2.24) is 14.9 Å². The second kappa shape index (κ2) is 7.40. The first-order valence-corrected chi connectivity index (χ1v) is 8.01. The quantitative estimate of drug-likeness (QED) is 0.826. The second-order valence-electron chi connectivity index (χ2n) is 5.60. The minimum absolute atomic E-state index is 0.0523. The Bertz CT molecular complexity index is 632. The second-order valence-corrected chi connectivity index (χ2v) is 5.60. The molecule has 0 saturated heterocycles. The minimum atomic E-state index is -0.131. The summed E-state index contributed by atoms with van der Waals surface area (Å²) in [6.07, 6.45) is 2.17. The normalized spacial score (nSPS) is 11.3. The van der Waals surface area contributed by atoms with Gasteiger partial charge < -0.3 is 15.0 Å². The Morgan fingerprint density at radius 3 is 2.64 bits per heavy atom. The fraction of sp³-hybridized carbons (Fsp3) is 0.529. The molecule has 1 aromatic carbocycles. The molecule has 2 N–H and O–H groups in total. The smallest absolute Gasteiger partial charge is 0.253 e. The third-order valence-electron chi connectivity index (χ3n) is 4.23. The Hall–Kier alpha value is -1.88. The van der Waals surface area contributed by atoms with Gasteiger partial charge in [0.05, 0.1) is 11.0 Å². The average molecular weight is 303 g/mol. The lowest BCUT2D eigenvalue weighted by Gasteiger charge is -2.25. The molecule has 2 aromatic rings. The number of nitrogens with one attached hydrogen (secondary N) is 1. The van der Waals surface area contributed by atoms with E-state index >= 15 is 0 Å². The van der Waals surface area contributed by atoms with Crippen LogP contribution in [0.1, 0.15) is 49.8 Å². The van der Waals surface area contributed by atoms with Gasteiger partial charge in [-0.05, 0) is 31.0 Å². The number of H-pyrrole nitrogens is 1. The molecule has 0 saturated carbocycles. The van der Waals surface area contributed by atoms with Gasteiger partial charge in [0, 0.05) is 18.7 Å². The zero-order valence-corrected chi connectivity index (χ0v) is 13.6. The predicted octanol–water partition coefficient (Wildman–Crippen LogP) is 2.95. The minimum Gasteiger partial charge on any atom is -0.388 e. The van der Waals surface area contributed by atoms with Gasteiger partial charge in [-0.25, -0.2) is 4.98 Å². The molecular weight excluding hydrogens is 278 g/mol. The van der Waals surface area contributed by atoms with Gasteiger partial charge in [-0.2, -0.15) is 0 Å². The summed E-state index contributed by atoms with van der Waals surface area (Å²) < 4.78 is 0. The van der Waals surface area contributed by atoms with Crippen LogP contribution in [-0.2, 0) is 6.61 Å². The van der Waals surface area contributed by atoms with Crippen LogP contribution >= 0.6 is 0 Å². The first kappa shape index (κ1) is 16.5. The van der Waals surface area contributed by atoms with Crippen molar-refractivity contribution in [3.8, 4) is 0 Å². The number of fused-ring (bicyclic) bond motifs is 1. The lowest BCUT2D eigenvalue weighted by molar-refractivity contribution is 0.0735. The number of hydrogen-bond acceptors (Lipinski definition) is 3. The summed E-state index contributed by atoms with van der Waals surface area (Å²) >= 11 is 0. The van der Waals surface area contributed by atoms with Crippen molar-refractivity contribution >= 4 is 16.9 Å². The van der Waals surface area contributed by atoms with Gasteiger partial charge in [0.2, 0.25) is 0 Å². The summed E-state index contributed by atoms with van der Waals surface area (Å²) in [6, 6.07) is 5.45. The number of amides is 1. The Morgan fingerprint density at radius 2 is 2.05 bits per heavy atom. The third-order valence-corrected chi connectivity index (χ3v) is 4.23. The van der Waals surface area contributed by atoms with Crippen LogP contribution in [0.25, 0.3) is 11.0 Å². The highest BCUT2D eigenvalue weighted by atomic mass is 16.3. The molecule has 0 atom stereocenters. The number of imidazole rings is 1. The van der Waals surface area contributed by atoms with E-state index in [1.165, 1.54) is 0 Å². The number of aliphatic hydroxyl groups excluding tert-OH is 1. The molecule has 0 spiro atoms. The highest BCUT2D eigenvalue weighted by Crippen LogP contribution is 2.17. The zero-order valence-electron chi connectivity index (χ0n) is 13.6. The first-order chi connectivity index (χ1) is 10.6. The predicted molar refractivity (Wildman–Crippen MR) is 87.7 cm³/mol. The van der Waals surface area contributed by atoms with E-state index in [9.17, 15) is 4.79 Å². The van der Waals surface area contributed by atoms with Gasteiger partial charge in [-0.3, -0.25) is 4.79 Å². The largest absolute Gasteiger partial charge is 0.388 e. The monoisotopic (exact) mass is 303 g/mol. The van der Waals surface area contributed by atoms with Crippen molar-refractivity contribution in [3.63, 3.8) is 0 Å². The van der Waals surface area contributed by atoms with E-state index in [-0.39, 0.29) is 12.5 Å². The Morgan fingerprint density at radius 1 is 1.32 bits per heavy atom. The number of benzene rings is 1. The van der Waals surface area contributed by atoms with Crippen molar-refractivity contribution in [2.24, 2.45) is 5.92 Å². The van der Waals surface area contributed by atoms with E-state index in [4.69, 9.17) is 5.11 Å². The number of aromatic nitrogens is 2. The van der Waals surface area contributed by atoms with E-state index in [1.54, 1.807) is 0 Å². The van der Waals surface area contributed by atoms with E-state index in [0.717, 1.165) is 30.4 Å². The number of nitrogens with zero attached hydrogens (tertiary/aromatic N) is 2. The maximum atomic E-state index is 12.7. The van der Waals surface area contributed by atoms with Crippen molar-refractivity contribution < 1.29 is 9.90 Å². The molecule has 1 aromatic heterocycles. The molecule has 22 heavy (non-hydrogen) atoms. The van der Waals surface area contributed by atoms with Gasteiger partial charge in [0.25, 0.3) is 5.91 Å². The number of rotatable bonds is 7. The van der Waals surface area contributed by atoms with Crippen LogP contribution in [0.3, 0.4) is 0 Å². The van der Waals surface area contributed by atoms with Gasteiger partial charge in [0.1, 0.15) is 12.4 Å². The van der Waals surface area contributed by atoms with Crippen molar-refractivity contribution in [3.05, 3.63) is 29.6 Å². The lowest BCUT2D eigenvalue weighted by Crippen LogP contribution is -2.35. The Kier molecular flexibility index (Phi) is 5.55. The van der Waals surface area contributed by atoms with E-state index < -0.39 is 0 Å². The number of carbonyl (C=O) groups is 1. The van der Waals surface area contributed by atoms with Crippen LogP contribution in [0.15, 0.2) is 18.2 Å². The molecule has 2 rings (SSSR count). The maximum Gasteiger partial charge on any atom is 0.253 e. The van der Waals surface area contributed by atoms with Crippen LogP contribution in [0, 0.1) is 5.92 Å². The fourth-order valence-electron chi connectivity index (χ4n) is 2.67. The summed E-state index contributed by atoms with van der Waals surface area (Å²) in [7, 11) is 0. The molecular formula is C17H25N3O2. The molecule has 0 unspecified atom stereocenters. The van der Waals surface area contributed by atoms with Gasteiger partial charge in [0.15, 0.2) is 0 Å². The summed E-state index contributed by atoms with van der Waals surface area (Å²) in [5.41, 5.74) is 2.21. The van der Waals surface area contributed by atoms with Crippen LogP contribution in [0.5, 0.6) is 0 Å². The van der Waals surface area contributed by atoms with Crippen LogP contribution < -0.4 is 0 Å². The van der Waals surface area contributed by atoms with E-state index in [2.05, 4.69) is 23.8 Å². The van der Waals surface area contributed by atoms with Gasteiger partial charge in [-0.1, -0.05) is 26.7 Å². The SMILES string of the molecule is CCC(CC)CN(CC)C(=O)c1ccc2nc(CO)[nH]c2c1. The van der Waals surface area contributed by atoms with Crippen molar-refractivity contribution in [2.75, 3.05) is 13.1 Å². The van der Waals surface area contributed by atoms with E-state index in [0.29, 0.717) is 23.9 Å². The maximum absolute atomic E-state index is 12.7. The third kappa shape index (κ3) is 3.47. The first-order valence-electron chi connectivity index (χ1n) is 8.01. The fourth-order valence-corrected chi connectivity index (χ4v) is 2.67. The standard InChI is InChI=1S/C17H25N3O2/c1-4-12(5-2)10-20(6-3)17(22)13-7-8-14-15(9-13)19-16(11-21)18-14/h7-9,12,21H,4-6,10-11H2,1-3H3,(H,18,19). The van der Waals surface area contributed by atoms with Gasteiger partial charge in [-0.15, -0.1) is 0 Å². The number of hydrogen-bond donors (Lipinski definition) is 2. The summed E-state index contributed by atoms with van der Waals surface area (Å²) in [5, 5.41) is 9.13. The Labute approximate surface area is 131 Å². The highest BCUT2D eigenvalue weighted by Gasteiger charge is 2.18. The molecule has 0 bridgehead atoms.